The molecular formula is C8H11N3O3S2. The average Bonchev–Trinajstić information content (AvgIpc) is 2.76. The summed E-state index contributed by atoms with van der Waals surface area (Å²) < 4.78 is 22.2. The minimum Gasteiger partial charge on any atom is -0.336 e. The molecule has 1 aliphatic heterocycles. The summed E-state index contributed by atoms with van der Waals surface area (Å²) in [5.41, 5.74) is 1.67. The molecule has 1 fully saturated rings. The summed E-state index contributed by atoms with van der Waals surface area (Å²) in [4.78, 5) is 17.9. The van der Waals surface area contributed by atoms with Crippen LogP contribution in [0.3, 0.4) is 0 Å². The summed E-state index contributed by atoms with van der Waals surface area (Å²) in [6.45, 7) is 0.588. The van der Waals surface area contributed by atoms with E-state index < -0.39 is 15.3 Å². The summed E-state index contributed by atoms with van der Waals surface area (Å²) >= 11 is 1.43. The van der Waals surface area contributed by atoms with Gasteiger partial charge in [0.15, 0.2) is 0 Å². The maximum Gasteiger partial charge on any atom is 0.224 e. The molecule has 8 heteroatoms. The number of carbonyl (C=O) groups is 1. The molecule has 0 saturated carbocycles. The number of aromatic nitrogens is 1. The van der Waals surface area contributed by atoms with Gasteiger partial charge in [0.2, 0.25) is 15.9 Å². The van der Waals surface area contributed by atoms with Gasteiger partial charge in [-0.15, -0.1) is 11.3 Å². The van der Waals surface area contributed by atoms with Crippen LogP contribution in [0.1, 0.15) is 11.3 Å². The van der Waals surface area contributed by atoms with Gasteiger partial charge in [-0.2, -0.15) is 0 Å². The van der Waals surface area contributed by atoms with Crippen molar-refractivity contribution in [2.75, 3.05) is 6.54 Å². The zero-order valence-corrected chi connectivity index (χ0v) is 10.00. The first kappa shape index (κ1) is 11.5. The van der Waals surface area contributed by atoms with Crippen molar-refractivity contribution < 1.29 is 13.2 Å². The SMILES string of the molecule is NS(=O)(=O)C1CC(=O)N(Cc2cncs2)C1. The number of primary sulfonamides is 1. The van der Waals surface area contributed by atoms with Crippen LogP contribution in [0.15, 0.2) is 11.7 Å². The Morgan fingerprint density at radius 1 is 1.62 bits per heavy atom. The van der Waals surface area contributed by atoms with Gasteiger partial charge in [-0.3, -0.25) is 9.78 Å². The monoisotopic (exact) mass is 261 g/mol. The lowest BCUT2D eigenvalue weighted by Gasteiger charge is -2.14. The van der Waals surface area contributed by atoms with Crippen molar-refractivity contribution in [2.45, 2.75) is 18.2 Å². The van der Waals surface area contributed by atoms with E-state index in [1.807, 2.05) is 0 Å². The molecule has 0 spiro atoms. The molecule has 1 amide bonds. The molecule has 2 rings (SSSR count). The molecule has 1 atom stereocenters. The normalized spacial score (nSPS) is 21.7. The van der Waals surface area contributed by atoms with Crippen LogP contribution in [0, 0.1) is 0 Å². The Morgan fingerprint density at radius 3 is 2.88 bits per heavy atom. The summed E-state index contributed by atoms with van der Waals surface area (Å²) in [5.74, 6) is -0.174. The van der Waals surface area contributed by atoms with Crippen molar-refractivity contribution >= 4 is 27.3 Å². The Balaban J connectivity index is 2.06. The van der Waals surface area contributed by atoms with Gasteiger partial charge in [0.25, 0.3) is 0 Å². The van der Waals surface area contributed by atoms with Gasteiger partial charge in [-0.25, -0.2) is 13.6 Å². The summed E-state index contributed by atoms with van der Waals surface area (Å²) in [5, 5.41) is 4.25. The quantitative estimate of drug-likeness (QED) is 0.796. The number of hydrogen-bond acceptors (Lipinski definition) is 5. The molecule has 1 aromatic rings. The van der Waals surface area contributed by atoms with E-state index in [4.69, 9.17) is 5.14 Å². The fourth-order valence-electron chi connectivity index (χ4n) is 1.62. The van der Waals surface area contributed by atoms with Crippen LogP contribution in [0.25, 0.3) is 0 Å². The van der Waals surface area contributed by atoms with Crippen LogP contribution >= 0.6 is 11.3 Å². The first-order valence-corrected chi connectivity index (χ1v) is 7.12. The maximum absolute atomic E-state index is 11.5. The van der Waals surface area contributed by atoms with E-state index in [1.165, 1.54) is 16.2 Å². The van der Waals surface area contributed by atoms with Crippen molar-refractivity contribution in [3.8, 4) is 0 Å². The van der Waals surface area contributed by atoms with E-state index in [2.05, 4.69) is 4.98 Å². The Hall–Kier alpha value is -0.990. The topological polar surface area (TPSA) is 93.4 Å². The Kier molecular flexibility index (Phi) is 2.96. The molecular weight excluding hydrogens is 250 g/mol. The standard InChI is InChI=1S/C8H11N3O3S2/c9-16(13,14)7-1-8(12)11(4-7)3-6-2-10-5-15-6/h2,5,7H,1,3-4H2,(H2,9,13,14). The van der Waals surface area contributed by atoms with Gasteiger partial charge in [-0.1, -0.05) is 0 Å². The van der Waals surface area contributed by atoms with Crippen LogP contribution in [-0.4, -0.2) is 36.0 Å². The van der Waals surface area contributed by atoms with E-state index in [0.717, 1.165) is 4.88 Å². The zero-order chi connectivity index (χ0) is 11.8. The van der Waals surface area contributed by atoms with Crippen LogP contribution < -0.4 is 5.14 Å². The molecule has 2 N–H and O–H groups in total. The highest BCUT2D eigenvalue weighted by molar-refractivity contribution is 7.89. The zero-order valence-electron chi connectivity index (χ0n) is 8.37. The molecule has 6 nitrogen and oxygen atoms in total. The van der Waals surface area contributed by atoms with Crippen molar-refractivity contribution in [2.24, 2.45) is 5.14 Å². The van der Waals surface area contributed by atoms with Crippen molar-refractivity contribution in [1.29, 1.82) is 0 Å². The average molecular weight is 261 g/mol. The highest BCUT2D eigenvalue weighted by Gasteiger charge is 2.36. The number of rotatable bonds is 3. The van der Waals surface area contributed by atoms with E-state index in [-0.39, 0.29) is 18.9 Å². The van der Waals surface area contributed by atoms with E-state index in [0.29, 0.717) is 6.54 Å². The molecule has 1 aromatic heterocycles. The second kappa shape index (κ2) is 4.11. The van der Waals surface area contributed by atoms with Crippen molar-refractivity contribution in [1.82, 2.24) is 9.88 Å². The van der Waals surface area contributed by atoms with Crippen LogP contribution in [-0.2, 0) is 21.4 Å². The van der Waals surface area contributed by atoms with E-state index in [1.54, 1.807) is 11.7 Å². The predicted octanol–water partition coefficient (Wildman–Crippen LogP) is -0.467. The van der Waals surface area contributed by atoms with Gasteiger partial charge >= 0.3 is 0 Å². The smallest absolute Gasteiger partial charge is 0.224 e. The Bertz CT molecular complexity index is 483. The molecule has 16 heavy (non-hydrogen) atoms. The lowest BCUT2D eigenvalue weighted by atomic mass is 10.4. The molecule has 1 aliphatic rings. The lowest BCUT2D eigenvalue weighted by molar-refractivity contribution is -0.128. The van der Waals surface area contributed by atoms with Gasteiger partial charge < -0.3 is 4.90 Å². The second-order valence-corrected chi connectivity index (χ2v) is 6.47. The molecule has 0 radical (unpaired) electrons. The number of likely N-dealkylation sites (tertiary alicyclic amines) is 1. The van der Waals surface area contributed by atoms with Gasteiger partial charge in [0.05, 0.1) is 12.1 Å². The number of nitrogens with zero attached hydrogens (tertiary/aromatic N) is 2. The lowest BCUT2D eigenvalue weighted by Crippen LogP contribution is -2.31. The van der Waals surface area contributed by atoms with Crippen molar-refractivity contribution in [3.63, 3.8) is 0 Å². The number of hydrogen-bond donors (Lipinski definition) is 1. The minimum absolute atomic E-state index is 0.0162. The number of thiazole rings is 1. The Labute approximate surface area is 97.1 Å². The maximum atomic E-state index is 11.5. The molecule has 0 bridgehead atoms. The molecule has 0 aromatic carbocycles. The largest absolute Gasteiger partial charge is 0.336 e. The Morgan fingerprint density at radius 2 is 2.38 bits per heavy atom. The fraction of sp³-hybridized carbons (Fsp3) is 0.500. The number of sulfonamides is 1. The number of amides is 1. The number of nitrogens with two attached hydrogens (primary N) is 1. The fourth-order valence-corrected chi connectivity index (χ4v) is 2.99. The summed E-state index contributed by atoms with van der Waals surface area (Å²) in [6, 6.07) is 0. The van der Waals surface area contributed by atoms with Crippen LogP contribution in [0.4, 0.5) is 0 Å². The number of carbonyl (C=O) groups excluding carboxylic acids is 1. The van der Waals surface area contributed by atoms with Crippen LogP contribution in [0.5, 0.6) is 0 Å². The van der Waals surface area contributed by atoms with Crippen LogP contribution in [0.2, 0.25) is 0 Å². The summed E-state index contributed by atoms with van der Waals surface area (Å²) in [6.07, 6.45) is 1.65. The van der Waals surface area contributed by atoms with Gasteiger partial charge in [-0.05, 0) is 0 Å². The molecule has 0 aliphatic carbocycles. The molecule has 88 valence electrons. The van der Waals surface area contributed by atoms with Gasteiger partial charge in [0, 0.05) is 24.0 Å². The molecule has 1 unspecified atom stereocenters. The van der Waals surface area contributed by atoms with Gasteiger partial charge in [0.1, 0.15) is 5.25 Å². The third-order valence-electron chi connectivity index (χ3n) is 2.47. The summed E-state index contributed by atoms with van der Waals surface area (Å²) in [7, 11) is -3.62. The minimum atomic E-state index is -3.62. The first-order chi connectivity index (χ1) is 7.47. The predicted molar refractivity (Wildman–Crippen MR) is 59.0 cm³/mol. The highest BCUT2D eigenvalue weighted by Crippen LogP contribution is 2.20. The third kappa shape index (κ3) is 2.39. The van der Waals surface area contributed by atoms with E-state index in [9.17, 15) is 13.2 Å². The molecule has 2 heterocycles. The first-order valence-electron chi connectivity index (χ1n) is 4.63. The molecule has 1 saturated heterocycles. The third-order valence-corrected chi connectivity index (χ3v) is 4.48. The van der Waals surface area contributed by atoms with Crippen molar-refractivity contribution in [3.05, 3.63) is 16.6 Å². The highest BCUT2D eigenvalue weighted by atomic mass is 32.2. The van der Waals surface area contributed by atoms with E-state index >= 15 is 0 Å². The second-order valence-electron chi connectivity index (χ2n) is 3.66.